The van der Waals surface area contributed by atoms with Crippen LogP contribution in [0.3, 0.4) is 0 Å². The Morgan fingerprint density at radius 2 is 1.89 bits per heavy atom. The number of ether oxygens (including phenoxy) is 2. The van der Waals surface area contributed by atoms with E-state index in [2.05, 4.69) is 21.2 Å². The molecule has 0 spiro atoms. The molecular formula is C12H14BrNO4. The fourth-order valence-corrected chi connectivity index (χ4v) is 1.35. The van der Waals surface area contributed by atoms with Gasteiger partial charge in [-0.3, -0.25) is 5.32 Å². The minimum Gasteiger partial charge on any atom is -0.462 e. The minimum atomic E-state index is -0.529. The Morgan fingerprint density at radius 1 is 1.22 bits per heavy atom. The number of hydrogen-bond donors (Lipinski definition) is 1. The zero-order chi connectivity index (χ0) is 13.4. The molecule has 0 aliphatic rings. The van der Waals surface area contributed by atoms with Crippen LogP contribution >= 0.6 is 15.9 Å². The molecule has 18 heavy (non-hydrogen) atoms. The Balaban J connectivity index is 2.55. The van der Waals surface area contributed by atoms with Gasteiger partial charge in [-0.1, -0.05) is 15.9 Å². The minimum absolute atomic E-state index is 0.298. The van der Waals surface area contributed by atoms with Gasteiger partial charge in [0.05, 0.1) is 12.2 Å². The number of nitrogens with one attached hydrogen (secondary N) is 1. The molecule has 0 heterocycles. The van der Waals surface area contributed by atoms with Crippen molar-refractivity contribution >= 4 is 33.7 Å². The molecule has 0 saturated carbocycles. The van der Waals surface area contributed by atoms with Crippen molar-refractivity contribution in [1.29, 1.82) is 0 Å². The van der Waals surface area contributed by atoms with Crippen LogP contribution < -0.4 is 5.32 Å². The molecule has 1 aromatic rings. The second-order valence-electron chi connectivity index (χ2n) is 3.25. The highest BCUT2D eigenvalue weighted by Gasteiger charge is 2.07. The Labute approximate surface area is 114 Å². The molecule has 0 radical (unpaired) electrons. The molecule has 0 aliphatic carbocycles. The van der Waals surface area contributed by atoms with Gasteiger partial charge in [-0.25, -0.2) is 9.59 Å². The summed E-state index contributed by atoms with van der Waals surface area (Å²) in [6, 6.07) is 6.39. The first-order valence-corrected chi connectivity index (χ1v) is 6.56. The van der Waals surface area contributed by atoms with Crippen molar-refractivity contribution in [3.05, 3.63) is 29.8 Å². The number of hydrogen-bond acceptors (Lipinski definition) is 4. The van der Waals surface area contributed by atoms with Crippen LogP contribution in [0.2, 0.25) is 0 Å². The molecule has 0 atom stereocenters. The maximum absolute atomic E-state index is 11.4. The summed E-state index contributed by atoms with van der Waals surface area (Å²) >= 11 is 3.15. The molecular weight excluding hydrogens is 302 g/mol. The third-order valence-corrected chi connectivity index (χ3v) is 2.28. The fourth-order valence-electron chi connectivity index (χ4n) is 1.19. The first-order valence-electron chi connectivity index (χ1n) is 5.44. The Hall–Kier alpha value is -1.56. The first kappa shape index (κ1) is 14.5. The predicted molar refractivity (Wildman–Crippen MR) is 71.2 cm³/mol. The lowest BCUT2D eigenvalue weighted by atomic mass is 10.2. The smallest absolute Gasteiger partial charge is 0.411 e. The number of amides is 1. The van der Waals surface area contributed by atoms with Crippen LogP contribution in [-0.2, 0) is 9.47 Å². The van der Waals surface area contributed by atoms with Crippen LogP contribution in [0.5, 0.6) is 0 Å². The molecule has 0 unspecified atom stereocenters. The summed E-state index contributed by atoms with van der Waals surface area (Å²) in [5.74, 6) is -0.383. The van der Waals surface area contributed by atoms with Crippen LogP contribution in [0.25, 0.3) is 0 Å². The lowest BCUT2D eigenvalue weighted by Gasteiger charge is -2.06. The number of carbonyl (C=O) groups excluding carboxylic acids is 2. The molecule has 6 heteroatoms. The third-order valence-electron chi connectivity index (χ3n) is 1.95. The van der Waals surface area contributed by atoms with Crippen molar-refractivity contribution in [3.8, 4) is 0 Å². The predicted octanol–water partition coefficient (Wildman–Crippen LogP) is 2.81. The van der Waals surface area contributed by atoms with Crippen LogP contribution in [0.4, 0.5) is 10.5 Å². The molecule has 1 N–H and O–H groups in total. The van der Waals surface area contributed by atoms with E-state index in [4.69, 9.17) is 9.47 Å². The van der Waals surface area contributed by atoms with Gasteiger partial charge in [0.1, 0.15) is 6.61 Å². The summed E-state index contributed by atoms with van der Waals surface area (Å²) in [6.07, 6.45) is -0.529. The second-order valence-corrected chi connectivity index (χ2v) is 4.04. The van der Waals surface area contributed by atoms with Gasteiger partial charge in [0, 0.05) is 11.0 Å². The molecule has 0 fully saturated rings. The van der Waals surface area contributed by atoms with Crippen molar-refractivity contribution in [2.75, 3.05) is 23.9 Å². The fraction of sp³-hybridized carbons (Fsp3) is 0.333. The van der Waals surface area contributed by atoms with Gasteiger partial charge in [0.15, 0.2) is 0 Å². The highest BCUT2D eigenvalue weighted by molar-refractivity contribution is 9.09. The van der Waals surface area contributed by atoms with E-state index in [1.807, 2.05) is 0 Å². The van der Waals surface area contributed by atoms with Crippen LogP contribution in [0.15, 0.2) is 24.3 Å². The zero-order valence-electron chi connectivity index (χ0n) is 9.94. The topological polar surface area (TPSA) is 64.6 Å². The second kappa shape index (κ2) is 7.71. The first-order chi connectivity index (χ1) is 8.67. The molecule has 98 valence electrons. The monoisotopic (exact) mass is 315 g/mol. The lowest BCUT2D eigenvalue weighted by molar-refractivity contribution is 0.0526. The van der Waals surface area contributed by atoms with Gasteiger partial charge in [-0.05, 0) is 31.2 Å². The lowest BCUT2D eigenvalue weighted by Crippen LogP contribution is -2.15. The average Bonchev–Trinajstić information content (AvgIpc) is 2.37. The molecule has 1 amide bonds. The van der Waals surface area contributed by atoms with Crippen molar-refractivity contribution in [2.45, 2.75) is 6.92 Å². The number of rotatable bonds is 5. The SMILES string of the molecule is CCOC(=O)c1ccc(NC(=O)OCCBr)cc1. The van der Waals surface area contributed by atoms with E-state index in [1.54, 1.807) is 31.2 Å². The van der Waals surface area contributed by atoms with Crippen molar-refractivity contribution in [2.24, 2.45) is 0 Å². The van der Waals surface area contributed by atoms with E-state index in [0.29, 0.717) is 29.8 Å². The molecule has 0 bridgehead atoms. The van der Waals surface area contributed by atoms with Gasteiger partial charge in [-0.15, -0.1) is 0 Å². The van der Waals surface area contributed by atoms with Crippen molar-refractivity contribution in [1.82, 2.24) is 0 Å². The number of anilines is 1. The van der Waals surface area contributed by atoms with E-state index in [-0.39, 0.29) is 5.97 Å². The molecule has 5 nitrogen and oxygen atoms in total. The number of carbonyl (C=O) groups is 2. The quantitative estimate of drug-likeness (QED) is 0.670. The summed E-state index contributed by atoms with van der Waals surface area (Å²) < 4.78 is 9.67. The van der Waals surface area contributed by atoms with Crippen LogP contribution in [0, 0.1) is 0 Å². The Bertz CT molecular complexity index is 405. The van der Waals surface area contributed by atoms with Gasteiger partial charge in [0.25, 0.3) is 0 Å². The highest BCUT2D eigenvalue weighted by atomic mass is 79.9. The summed E-state index contributed by atoms with van der Waals surface area (Å²) in [5, 5.41) is 3.13. The van der Waals surface area contributed by atoms with Crippen LogP contribution in [-0.4, -0.2) is 30.6 Å². The van der Waals surface area contributed by atoms with Gasteiger partial charge < -0.3 is 9.47 Å². The normalized spacial score (nSPS) is 9.67. The summed E-state index contributed by atoms with van der Waals surface area (Å²) in [6.45, 7) is 2.37. The largest absolute Gasteiger partial charge is 0.462 e. The summed E-state index contributed by atoms with van der Waals surface area (Å²) in [4.78, 5) is 22.6. The summed E-state index contributed by atoms with van der Waals surface area (Å²) in [7, 11) is 0. The standard InChI is InChI=1S/C12H14BrNO4/c1-2-17-11(15)9-3-5-10(6-4-9)14-12(16)18-8-7-13/h3-6H,2,7-8H2,1H3,(H,14,16). The molecule has 1 rings (SSSR count). The molecule has 1 aromatic carbocycles. The van der Waals surface area contributed by atoms with Crippen molar-refractivity contribution < 1.29 is 19.1 Å². The van der Waals surface area contributed by atoms with Crippen molar-refractivity contribution in [3.63, 3.8) is 0 Å². The number of alkyl halides is 1. The average molecular weight is 316 g/mol. The maximum Gasteiger partial charge on any atom is 0.411 e. The maximum atomic E-state index is 11.4. The van der Waals surface area contributed by atoms with Gasteiger partial charge in [-0.2, -0.15) is 0 Å². The van der Waals surface area contributed by atoms with Crippen LogP contribution in [0.1, 0.15) is 17.3 Å². The highest BCUT2D eigenvalue weighted by Crippen LogP contribution is 2.10. The van der Waals surface area contributed by atoms with Gasteiger partial charge >= 0.3 is 12.1 Å². The molecule has 0 saturated heterocycles. The summed E-state index contributed by atoms with van der Waals surface area (Å²) in [5.41, 5.74) is 0.999. The van der Waals surface area contributed by atoms with E-state index >= 15 is 0 Å². The van der Waals surface area contributed by atoms with E-state index in [1.165, 1.54) is 0 Å². The zero-order valence-corrected chi connectivity index (χ0v) is 11.5. The number of benzene rings is 1. The Morgan fingerprint density at radius 3 is 2.44 bits per heavy atom. The van der Waals surface area contributed by atoms with E-state index < -0.39 is 6.09 Å². The third kappa shape index (κ3) is 4.75. The van der Waals surface area contributed by atoms with E-state index in [0.717, 1.165) is 0 Å². The molecule has 0 aliphatic heterocycles. The Kier molecular flexibility index (Phi) is 6.21. The number of esters is 1. The van der Waals surface area contributed by atoms with Gasteiger partial charge in [0.2, 0.25) is 0 Å². The van der Waals surface area contributed by atoms with E-state index in [9.17, 15) is 9.59 Å². The molecule has 0 aromatic heterocycles. The number of halogens is 1.